The van der Waals surface area contributed by atoms with E-state index in [-0.39, 0.29) is 0 Å². The number of guanidine groups is 1. The SMILES string of the molecule is CCNC(=NCc1ccc(N2CCCCCC2)nc1)NCCCOCC1CCOCC1. The van der Waals surface area contributed by atoms with Gasteiger partial charge in [0, 0.05) is 58.8 Å². The number of aliphatic imine (C=N–C) groups is 1. The monoisotopic (exact) mass is 431 g/mol. The molecular weight excluding hydrogens is 390 g/mol. The van der Waals surface area contributed by atoms with Crippen molar-refractivity contribution in [3.05, 3.63) is 23.9 Å². The summed E-state index contributed by atoms with van der Waals surface area (Å²) in [5, 5.41) is 6.73. The molecule has 0 spiro atoms. The second-order valence-corrected chi connectivity index (χ2v) is 8.53. The number of rotatable bonds is 10. The van der Waals surface area contributed by atoms with Gasteiger partial charge in [0.25, 0.3) is 0 Å². The minimum Gasteiger partial charge on any atom is -0.381 e. The molecule has 1 aromatic rings. The number of nitrogens with one attached hydrogen (secondary N) is 2. The van der Waals surface area contributed by atoms with Gasteiger partial charge < -0.3 is 25.0 Å². The van der Waals surface area contributed by atoms with E-state index in [0.29, 0.717) is 12.5 Å². The topological polar surface area (TPSA) is 71.0 Å². The van der Waals surface area contributed by atoms with Crippen LogP contribution in [0.5, 0.6) is 0 Å². The maximum Gasteiger partial charge on any atom is 0.191 e. The Morgan fingerprint density at radius 1 is 1.16 bits per heavy atom. The van der Waals surface area contributed by atoms with Crippen molar-refractivity contribution in [3.63, 3.8) is 0 Å². The van der Waals surface area contributed by atoms with E-state index in [0.717, 1.165) is 89.2 Å². The van der Waals surface area contributed by atoms with E-state index in [2.05, 4.69) is 34.6 Å². The number of anilines is 1. The van der Waals surface area contributed by atoms with Crippen LogP contribution < -0.4 is 15.5 Å². The van der Waals surface area contributed by atoms with E-state index in [1.807, 2.05) is 6.20 Å². The van der Waals surface area contributed by atoms with E-state index in [4.69, 9.17) is 19.5 Å². The van der Waals surface area contributed by atoms with E-state index < -0.39 is 0 Å². The Bertz CT molecular complexity index is 623. The number of pyridine rings is 1. The summed E-state index contributed by atoms with van der Waals surface area (Å²) in [5.74, 6) is 2.61. The largest absolute Gasteiger partial charge is 0.381 e. The lowest BCUT2D eigenvalue weighted by molar-refractivity contribution is 0.0203. The van der Waals surface area contributed by atoms with E-state index in [1.165, 1.54) is 25.7 Å². The quantitative estimate of drug-likeness (QED) is 0.336. The molecule has 3 rings (SSSR count). The molecule has 0 aliphatic carbocycles. The summed E-state index contributed by atoms with van der Waals surface area (Å²) in [5.41, 5.74) is 1.13. The predicted molar refractivity (Wildman–Crippen MR) is 127 cm³/mol. The summed E-state index contributed by atoms with van der Waals surface area (Å²) < 4.78 is 11.2. The highest BCUT2D eigenvalue weighted by Crippen LogP contribution is 2.18. The predicted octanol–water partition coefficient (Wildman–Crippen LogP) is 3.35. The molecule has 0 aromatic carbocycles. The fraction of sp³-hybridized carbons (Fsp3) is 0.750. The van der Waals surface area contributed by atoms with Crippen molar-refractivity contribution in [1.82, 2.24) is 15.6 Å². The molecule has 0 radical (unpaired) electrons. The van der Waals surface area contributed by atoms with Crippen molar-refractivity contribution < 1.29 is 9.47 Å². The van der Waals surface area contributed by atoms with Crippen LogP contribution in [-0.2, 0) is 16.0 Å². The molecule has 2 N–H and O–H groups in total. The van der Waals surface area contributed by atoms with Gasteiger partial charge in [-0.25, -0.2) is 9.98 Å². The lowest BCUT2D eigenvalue weighted by Crippen LogP contribution is -2.38. The van der Waals surface area contributed by atoms with Crippen molar-refractivity contribution in [1.29, 1.82) is 0 Å². The van der Waals surface area contributed by atoms with Gasteiger partial charge in [0.05, 0.1) is 6.54 Å². The van der Waals surface area contributed by atoms with Crippen LogP contribution in [0.2, 0.25) is 0 Å². The molecule has 0 bridgehead atoms. The average molecular weight is 432 g/mol. The molecule has 7 heteroatoms. The summed E-state index contributed by atoms with van der Waals surface area (Å²) >= 11 is 0. The lowest BCUT2D eigenvalue weighted by Gasteiger charge is -2.21. The Hall–Kier alpha value is -1.86. The fourth-order valence-electron chi connectivity index (χ4n) is 4.05. The van der Waals surface area contributed by atoms with Gasteiger partial charge in [-0.2, -0.15) is 0 Å². The zero-order valence-corrected chi connectivity index (χ0v) is 19.3. The summed E-state index contributed by atoms with van der Waals surface area (Å²) in [7, 11) is 0. The molecule has 2 saturated heterocycles. The van der Waals surface area contributed by atoms with Crippen LogP contribution in [-0.4, -0.2) is 63.6 Å². The number of ether oxygens (including phenoxy) is 2. The van der Waals surface area contributed by atoms with Gasteiger partial charge in [0.15, 0.2) is 5.96 Å². The number of nitrogens with zero attached hydrogens (tertiary/aromatic N) is 3. The van der Waals surface area contributed by atoms with Gasteiger partial charge in [-0.1, -0.05) is 18.9 Å². The smallest absolute Gasteiger partial charge is 0.191 e. The van der Waals surface area contributed by atoms with Gasteiger partial charge in [-0.3, -0.25) is 0 Å². The second-order valence-electron chi connectivity index (χ2n) is 8.53. The van der Waals surface area contributed by atoms with Crippen LogP contribution in [0.1, 0.15) is 57.4 Å². The first-order valence-corrected chi connectivity index (χ1v) is 12.2. The minimum absolute atomic E-state index is 0.628. The minimum atomic E-state index is 0.628. The summed E-state index contributed by atoms with van der Waals surface area (Å²) in [4.78, 5) is 11.8. The standard InChI is InChI=1S/C24H41N5O2/c1-2-25-24(26-12-7-15-31-20-21-10-16-30-17-11-21)28-19-22-8-9-23(27-18-22)29-13-5-3-4-6-14-29/h8-9,18,21H,2-7,10-17,19-20H2,1H3,(H2,25,26,28). The molecule has 174 valence electrons. The molecule has 0 atom stereocenters. The Balaban J connectivity index is 1.36. The number of aromatic nitrogens is 1. The van der Waals surface area contributed by atoms with Crippen molar-refractivity contribution >= 4 is 11.8 Å². The normalized spacial score (nSPS) is 18.6. The molecule has 0 amide bonds. The van der Waals surface area contributed by atoms with Crippen LogP contribution >= 0.6 is 0 Å². The summed E-state index contributed by atoms with van der Waals surface area (Å²) in [6.45, 7) is 10.1. The zero-order valence-electron chi connectivity index (χ0n) is 19.3. The van der Waals surface area contributed by atoms with Gasteiger partial charge in [-0.15, -0.1) is 0 Å². The third kappa shape index (κ3) is 9.03. The van der Waals surface area contributed by atoms with E-state index in [1.54, 1.807) is 0 Å². The molecule has 2 fully saturated rings. The highest BCUT2D eigenvalue weighted by Gasteiger charge is 2.13. The maximum absolute atomic E-state index is 5.85. The molecule has 31 heavy (non-hydrogen) atoms. The average Bonchev–Trinajstić information content (AvgIpc) is 3.10. The van der Waals surface area contributed by atoms with E-state index in [9.17, 15) is 0 Å². The van der Waals surface area contributed by atoms with Crippen LogP contribution in [0.15, 0.2) is 23.3 Å². The number of hydrogen-bond acceptors (Lipinski definition) is 5. The van der Waals surface area contributed by atoms with Crippen LogP contribution in [0.4, 0.5) is 5.82 Å². The molecule has 2 aliphatic heterocycles. The van der Waals surface area contributed by atoms with Crippen LogP contribution in [0.3, 0.4) is 0 Å². The first-order valence-electron chi connectivity index (χ1n) is 12.2. The van der Waals surface area contributed by atoms with Crippen molar-refractivity contribution in [2.75, 3.05) is 57.5 Å². The molecule has 1 aromatic heterocycles. The fourth-order valence-corrected chi connectivity index (χ4v) is 4.05. The molecule has 2 aliphatic rings. The third-order valence-electron chi connectivity index (χ3n) is 5.96. The van der Waals surface area contributed by atoms with Gasteiger partial charge in [0.1, 0.15) is 5.82 Å². The van der Waals surface area contributed by atoms with Gasteiger partial charge >= 0.3 is 0 Å². The second kappa shape index (κ2) is 14.2. The Morgan fingerprint density at radius 2 is 1.97 bits per heavy atom. The molecular formula is C24H41N5O2. The Morgan fingerprint density at radius 3 is 2.68 bits per heavy atom. The first kappa shape index (κ1) is 23.8. The van der Waals surface area contributed by atoms with Crippen molar-refractivity contribution in [3.8, 4) is 0 Å². The van der Waals surface area contributed by atoms with E-state index >= 15 is 0 Å². The molecule has 0 saturated carbocycles. The lowest BCUT2D eigenvalue weighted by atomic mass is 10.0. The van der Waals surface area contributed by atoms with Gasteiger partial charge in [0.2, 0.25) is 0 Å². The molecule has 3 heterocycles. The highest BCUT2D eigenvalue weighted by molar-refractivity contribution is 5.79. The summed E-state index contributed by atoms with van der Waals surface area (Å²) in [6.07, 6.45) is 10.4. The zero-order chi connectivity index (χ0) is 21.6. The third-order valence-corrected chi connectivity index (χ3v) is 5.96. The van der Waals surface area contributed by atoms with Crippen molar-refractivity contribution in [2.24, 2.45) is 10.9 Å². The Kier molecular flexibility index (Phi) is 10.9. The highest BCUT2D eigenvalue weighted by atomic mass is 16.5. The summed E-state index contributed by atoms with van der Waals surface area (Å²) in [6, 6.07) is 4.30. The molecule has 0 unspecified atom stereocenters. The number of hydrogen-bond donors (Lipinski definition) is 2. The van der Waals surface area contributed by atoms with Crippen LogP contribution in [0.25, 0.3) is 0 Å². The van der Waals surface area contributed by atoms with Crippen LogP contribution in [0, 0.1) is 5.92 Å². The Labute approximate surface area is 188 Å². The molecule has 7 nitrogen and oxygen atoms in total. The maximum atomic E-state index is 5.85. The first-order chi connectivity index (χ1) is 15.3. The van der Waals surface area contributed by atoms with Crippen molar-refractivity contribution in [2.45, 2.75) is 58.4 Å². The van der Waals surface area contributed by atoms with Gasteiger partial charge in [-0.05, 0) is 56.6 Å².